The molecule has 2 aromatic rings. The van der Waals surface area contributed by atoms with Crippen LogP contribution in [0, 0.1) is 0 Å². The molecule has 0 aliphatic carbocycles. The van der Waals surface area contributed by atoms with Crippen LogP contribution < -0.4 is 0 Å². The van der Waals surface area contributed by atoms with Crippen molar-refractivity contribution in [2.45, 2.75) is 25.7 Å². The molecule has 0 saturated heterocycles. The maximum Gasteiger partial charge on any atom is 0.0859 e. The van der Waals surface area contributed by atoms with E-state index in [-0.39, 0.29) is 0 Å². The van der Waals surface area contributed by atoms with E-state index in [1.165, 1.54) is 11.1 Å². The minimum absolute atomic E-state index is 0.887. The second-order valence-corrected chi connectivity index (χ2v) is 5.19. The van der Waals surface area contributed by atoms with E-state index in [2.05, 4.69) is 47.7 Å². The number of aryl methyl sites for hydroxylation is 2. The molecule has 0 atom stereocenters. The molecule has 112 valence electrons. The van der Waals surface area contributed by atoms with Gasteiger partial charge in [0.15, 0.2) is 0 Å². The second-order valence-electron chi connectivity index (χ2n) is 5.19. The number of benzene rings is 2. The van der Waals surface area contributed by atoms with Gasteiger partial charge in [0.2, 0.25) is 0 Å². The van der Waals surface area contributed by atoms with Crippen molar-refractivity contribution in [2.75, 3.05) is 0 Å². The van der Waals surface area contributed by atoms with Crippen molar-refractivity contribution < 1.29 is 0 Å². The van der Waals surface area contributed by atoms with Crippen LogP contribution in [0.1, 0.15) is 24.0 Å². The Morgan fingerprint density at radius 1 is 0.727 bits per heavy atom. The van der Waals surface area contributed by atoms with Crippen LogP contribution in [0.5, 0.6) is 0 Å². The molecular formula is C20H22N2. The molecule has 2 heteroatoms. The fourth-order valence-corrected chi connectivity index (χ4v) is 2.20. The zero-order chi connectivity index (χ0) is 15.6. The monoisotopic (exact) mass is 290 g/mol. The first-order valence-electron chi connectivity index (χ1n) is 7.63. The van der Waals surface area contributed by atoms with Gasteiger partial charge in [0.25, 0.3) is 0 Å². The molecule has 0 aromatic heterocycles. The number of allylic oxidation sites excluding steroid dienone is 2. The Hall–Kier alpha value is -2.48. The Balaban J connectivity index is 2.07. The summed E-state index contributed by atoms with van der Waals surface area (Å²) >= 11 is 0. The van der Waals surface area contributed by atoms with Crippen molar-refractivity contribution in [3.05, 3.63) is 85.0 Å². The molecule has 0 bridgehead atoms. The first-order chi connectivity index (χ1) is 10.8. The van der Waals surface area contributed by atoms with Crippen LogP contribution in [0.25, 0.3) is 0 Å². The number of rotatable bonds is 8. The van der Waals surface area contributed by atoms with E-state index in [9.17, 15) is 0 Å². The highest BCUT2D eigenvalue weighted by Gasteiger charge is 1.96. The molecule has 2 rings (SSSR count). The van der Waals surface area contributed by atoms with Crippen LogP contribution >= 0.6 is 0 Å². The Bertz CT molecular complexity index is 599. The molecule has 2 nitrogen and oxygen atoms in total. The van der Waals surface area contributed by atoms with Gasteiger partial charge in [0.05, 0.1) is 11.4 Å². The maximum absolute atomic E-state index is 4.35. The summed E-state index contributed by atoms with van der Waals surface area (Å²) in [6, 6.07) is 16.4. The highest BCUT2D eigenvalue weighted by atomic mass is 15.1. The molecule has 0 heterocycles. The Kier molecular flexibility index (Phi) is 6.31. The summed E-state index contributed by atoms with van der Waals surface area (Å²) in [4.78, 5) is 0. The fourth-order valence-electron chi connectivity index (χ4n) is 2.20. The lowest BCUT2D eigenvalue weighted by Crippen LogP contribution is -1.82. The van der Waals surface area contributed by atoms with E-state index in [4.69, 9.17) is 0 Å². The van der Waals surface area contributed by atoms with Crippen molar-refractivity contribution in [2.24, 2.45) is 10.2 Å². The van der Waals surface area contributed by atoms with Gasteiger partial charge < -0.3 is 0 Å². The average molecular weight is 290 g/mol. The summed E-state index contributed by atoms with van der Waals surface area (Å²) in [7, 11) is 0. The third kappa shape index (κ3) is 5.13. The summed E-state index contributed by atoms with van der Waals surface area (Å²) in [5, 5.41) is 8.69. The fraction of sp³-hybridized carbons (Fsp3) is 0.200. The van der Waals surface area contributed by atoms with Crippen molar-refractivity contribution in [3.8, 4) is 0 Å². The number of azo groups is 1. The van der Waals surface area contributed by atoms with Gasteiger partial charge in [-0.2, -0.15) is 10.2 Å². The van der Waals surface area contributed by atoms with Crippen LogP contribution in [-0.4, -0.2) is 0 Å². The van der Waals surface area contributed by atoms with E-state index in [1.807, 2.05) is 36.4 Å². The average Bonchev–Trinajstić information content (AvgIpc) is 2.57. The molecule has 0 spiro atoms. The smallest absolute Gasteiger partial charge is 0.0859 e. The second kappa shape index (κ2) is 8.73. The summed E-state index contributed by atoms with van der Waals surface area (Å²) < 4.78 is 0. The predicted octanol–water partition coefficient (Wildman–Crippen LogP) is 6.34. The zero-order valence-electron chi connectivity index (χ0n) is 12.9. The molecule has 0 radical (unpaired) electrons. The largest absolute Gasteiger partial charge is 0.151 e. The van der Waals surface area contributed by atoms with Crippen LogP contribution in [0.4, 0.5) is 11.4 Å². The minimum Gasteiger partial charge on any atom is -0.151 e. The van der Waals surface area contributed by atoms with E-state index < -0.39 is 0 Å². The quantitative estimate of drug-likeness (QED) is 0.400. The summed E-state index contributed by atoms with van der Waals surface area (Å²) in [5.41, 5.74) is 4.29. The summed E-state index contributed by atoms with van der Waals surface area (Å²) in [6.45, 7) is 7.51. The topological polar surface area (TPSA) is 24.7 Å². The zero-order valence-corrected chi connectivity index (χ0v) is 12.9. The van der Waals surface area contributed by atoms with Crippen LogP contribution in [-0.2, 0) is 12.8 Å². The molecule has 0 aliphatic heterocycles. The molecule has 0 aliphatic rings. The Morgan fingerprint density at radius 2 is 1.18 bits per heavy atom. The highest BCUT2D eigenvalue weighted by Crippen LogP contribution is 2.21. The number of hydrogen-bond donors (Lipinski definition) is 0. The van der Waals surface area contributed by atoms with Gasteiger partial charge in [-0.3, -0.25) is 0 Å². The molecule has 0 saturated carbocycles. The molecule has 0 amide bonds. The van der Waals surface area contributed by atoms with Gasteiger partial charge >= 0.3 is 0 Å². The normalized spacial score (nSPS) is 10.7. The van der Waals surface area contributed by atoms with Gasteiger partial charge in [-0.15, -0.1) is 13.2 Å². The SMILES string of the molecule is C=CCCc1cccc(N=Nc2cccc(CCC=C)c2)c1. The summed E-state index contributed by atoms with van der Waals surface area (Å²) in [5.74, 6) is 0. The molecule has 0 fully saturated rings. The predicted molar refractivity (Wildman–Crippen MR) is 94.1 cm³/mol. The van der Waals surface area contributed by atoms with E-state index in [0.29, 0.717) is 0 Å². The lowest BCUT2D eigenvalue weighted by molar-refractivity contribution is 1.000. The Labute approximate surface area is 132 Å². The minimum atomic E-state index is 0.887. The van der Waals surface area contributed by atoms with Crippen LogP contribution in [0.3, 0.4) is 0 Å². The first-order valence-corrected chi connectivity index (χ1v) is 7.63. The molecule has 22 heavy (non-hydrogen) atoms. The molecule has 2 aromatic carbocycles. The van der Waals surface area contributed by atoms with Gasteiger partial charge in [-0.1, -0.05) is 36.4 Å². The van der Waals surface area contributed by atoms with Crippen molar-refractivity contribution in [1.29, 1.82) is 0 Å². The standard InChI is InChI=1S/C20H22N2/c1-3-5-9-17-11-7-13-19(15-17)21-22-20-14-8-12-18(16-20)10-6-4-2/h3-4,7-8,11-16H,1-2,5-6,9-10H2. The maximum atomic E-state index is 4.35. The van der Waals surface area contributed by atoms with Gasteiger partial charge in [0, 0.05) is 0 Å². The van der Waals surface area contributed by atoms with Crippen LogP contribution in [0.15, 0.2) is 84.1 Å². The van der Waals surface area contributed by atoms with Gasteiger partial charge in [-0.25, -0.2) is 0 Å². The van der Waals surface area contributed by atoms with E-state index >= 15 is 0 Å². The van der Waals surface area contributed by atoms with Crippen molar-refractivity contribution in [1.82, 2.24) is 0 Å². The number of hydrogen-bond acceptors (Lipinski definition) is 2. The van der Waals surface area contributed by atoms with Crippen molar-refractivity contribution in [3.63, 3.8) is 0 Å². The lowest BCUT2D eigenvalue weighted by Gasteiger charge is -2.01. The molecule has 0 unspecified atom stereocenters. The van der Waals surface area contributed by atoms with Crippen LogP contribution in [0.2, 0.25) is 0 Å². The lowest BCUT2D eigenvalue weighted by atomic mass is 10.1. The molecule has 0 N–H and O–H groups in total. The van der Waals surface area contributed by atoms with E-state index in [1.54, 1.807) is 0 Å². The third-order valence-electron chi connectivity index (χ3n) is 3.38. The highest BCUT2D eigenvalue weighted by molar-refractivity contribution is 5.43. The van der Waals surface area contributed by atoms with Gasteiger partial charge in [-0.05, 0) is 61.1 Å². The van der Waals surface area contributed by atoms with Crippen molar-refractivity contribution >= 4 is 11.4 Å². The van der Waals surface area contributed by atoms with E-state index in [0.717, 1.165) is 37.1 Å². The summed E-state index contributed by atoms with van der Waals surface area (Å²) in [6.07, 6.45) is 7.80. The third-order valence-corrected chi connectivity index (χ3v) is 3.38. The van der Waals surface area contributed by atoms with Gasteiger partial charge in [0.1, 0.15) is 0 Å². The number of nitrogens with zero attached hydrogens (tertiary/aromatic N) is 2. The first kappa shape index (κ1) is 15.9. The molecular weight excluding hydrogens is 268 g/mol. The Morgan fingerprint density at radius 3 is 1.59 bits per heavy atom.